The summed E-state index contributed by atoms with van der Waals surface area (Å²) >= 11 is 0. The van der Waals surface area contributed by atoms with Gasteiger partial charge in [0.2, 0.25) is 0 Å². The number of hydrogen-bond acceptors (Lipinski definition) is 20. The van der Waals surface area contributed by atoms with E-state index >= 15 is 0 Å². The van der Waals surface area contributed by atoms with Crippen LogP contribution in [0.5, 0.6) is 0 Å². The highest BCUT2D eigenvalue weighted by molar-refractivity contribution is 5.87. The van der Waals surface area contributed by atoms with Crippen LogP contribution in [0.1, 0.15) is 69.2 Å². The molecule has 10 unspecified atom stereocenters. The summed E-state index contributed by atoms with van der Waals surface area (Å²) in [6, 6.07) is 0. The fraction of sp³-hybridized carbons (Fsp3) is 0.688. The second kappa shape index (κ2) is 24.8. The summed E-state index contributed by atoms with van der Waals surface area (Å²) in [6.07, 6.45) is -11.1. The summed E-state index contributed by atoms with van der Waals surface area (Å²) in [5.41, 5.74) is 0. The van der Waals surface area contributed by atoms with Gasteiger partial charge >= 0.3 is 59.7 Å². The van der Waals surface area contributed by atoms with Crippen LogP contribution in [0.15, 0.2) is 0 Å². The molecule has 10 atom stereocenters. The van der Waals surface area contributed by atoms with E-state index < -0.39 is 121 Å². The average molecular weight is 785 g/mol. The van der Waals surface area contributed by atoms with E-state index in [-0.39, 0.29) is 0 Å². The molecule has 2 N–H and O–H groups in total. The Bertz CT molecular complexity index is 1240. The summed E-state index contributed by atoms with van der Waals surface area (Å²) in [6.45, 7) is 13.1. The highest BCUT2D eigenvalue weighted by Gasteiger charge is 2.33. The molecule has 0 aliphatic carbocycles. The molecule has 0 aromatic carbocycles. The van der Waals surface area contributed by atoms with Crippen molar-refractivity contribution in [3.63, 3.8) is 0 Å². The van der Waals surface area contributed by atoms with Crippen LogP contribution in [-0.4, -0.2) is 145 Å². The van der Waals surface area contributed by atoms with Gasteiger partial charge in [-0.1, -0.05) is 0 Å². The van der Waals surface area contributed by atoms with Crippen molar-refractivity contribution < 1.29 is 106 Å². The molecule has 1 rings (SSSR count). The van der Waals surface area contributed by atoms with Crippen LogP contribution in [-0.2, 0) is 95.3 Å². The minimum absolute atomic E-state index is 0.480. The van der Waals surface area contributed by atoms with Gasteiger partial charge in [-0.15, -0.1) is 0 Å². The summed E-state index contributed by atoms with van der Waals surface area (Å²) in [4.78, 5) is 112. The number of esters is 8. The summed E-state index contributed by atoms with van der Waals surface area (Å²) in [5.74, 6) is -9.12. The molecule has 1 aliphatic heterocycles. The Hall–Kier alpha value is -5.38. The smallest absolute Gasteiger partial charge is 0.347 e. The normalized spacial score (nSPS) is 19.0. The summed E-state index contributed by atoms with van der Waals surface area (Å²) < 4.78 is 46.8. The van der Waals surface area contributed by atoms with E-state index in [2.05, 4.69) is 18.9 Å². The molecule has 1 aliphatic rings. The fourth-order valence-electron chi connectivity index (χ4n) is 2.74. The van der Waals surface area contributed by atoms with Crippen LogP contribution in [0.3, 0.4) is 0 Å². The lowest BCUT2D eigenvalue weighted by Gasteiger charge is -2.22. The first kappa shape index (κ1) is 50.7. The van der Waals surface area contributed by atoms with Gasteiger partial charge in [0.1, 0.15) is 0 Å². The van der Waals surface area contributed by atoms with Gasteiger partial charge in [0.05, 0.1) is 0 Å². The first-order valence-electron chi connectivity index (χ1n) is 16.0. The van der Waals surface area contributed by atoms with Gasteiger partial charge in [-0.3, -0.25) is 0 Å². The molecule has 1 saturated heterocycles. The first-order valence-corrected chi connectivity index (χ1v) is 16.0. The molecule has 22 heteroatoms. The average Bonchev–Trinajstić information content (AvgIpc) is 3.09. The summed E-state index contributed by atoms with van der Waals surface area (Å²) in [5, 5.41) is 17.2. The highest BCUT2D eigenvalue weighted by Crippen LogP contribution is 2.09. The zero-order valence-electron chi connectivity index (χ0n) is 31.8. The van der Waals surface area contributed by atoms with Crippen LogP contribution >= 0.6 is 0 Å². The third-order valence-corrected chi connectivity index (χ3v) is 6.40. The Morgan fingerprint density at radius 2 is 0.611 bits per heavy atom. The molecule has 0 aromatic rings. The summed E-state index contributed by atoms with van der Waals surface area (Å²) in [7, 11) is 2.60. The van der Waals surface area contributed by atoms with Gasteiger partial charge in [0.15, 0.2) is 61.0 Å². The number of carbonyl (C=O) groups is 10. The van der Waals surface area contributed by atoms with E-state index in [1.165, 1.54) is 69.6 Å². The lowest BCUT2D eigenvalue weighted by molar-refractivity contribution is -0.191. The number of hydrogen-bond donors (Lipinski definition) is 2. The predicted octanol–water partition coefficient (Wildman–Crippen LogP) is -0.335. The molecule has 0 saturated carbocycles. The van der Waals surface area contributed by atoms with E-state index in [9.17, 15) is 47.9 Å². The van der Waals surface area contributed by atoms with Crippen LogP contribution in [0.4, 0.5) is 0 Å². The number of carboxylic acids is 2. The lowest BCUT2D eigenvalue weighted by atomic mass is 10.3. The van der Waals surface area contributed by atoms with Crippen LogP contribution in [0, 0.1) is 0 Å². The number of carboxylic acid groups (broad SMARTS) is 2. The van der Waals surface area contributed by atoms with E-state index in [1.54, 1.807) is 0 Å². The molecule has 308 valence electrons. The molecule has 0 spiro atoms. The van der Waals surface area contributed by atoms with E-state index in [1.807, 2.05) is 0 Å². The van der Waals surface area contributed by atoms with E-state index in [0.29, 0.717) is 0 Å². The Balaban J connectivity index is 0. The maximum Gasteiger partial charge on any atom is 0.347 e. The number of aliphatic carboxylic acids is 2. The van der Waals surface area contributed by atoms with Crippen molar-refractivity contribution >= 4 is 59.7 Å². The molecule has 22 nitrogen and oxygen atoms in total. The van der Waals surface area contributed by atoms with Crippen molar-refractivity contribution in [2.45, 2.75) is 130 Å². The zero-order chi connectivity index (χ0) is 42.6. The third kappa shape index (κ3) is 19.5. The Morgan fingerprint density at radius 1 is 0.426 bits per heavy atom. The van der Waals surface area contributed by atoms with Crippen molar-refractivity contribution in [1.29, 1.82) is 0 Å². The monoisotopic (exact) mass is 784 g/mol. The molecular weight excluding hydrogens is 736 g/mol. The zero-order valence-corrected chi connectivity index (χ0v) is 31.8. The van der Waals surface area contributed by atoms with Gasteiger partial charge in [-0.2, -0.15) is 0 Å². The second-order valence-electron chi connectivity index (χ2n) is 11.1. The number of carbonyl (C=O) groups excluding carboxylic acids is 8. The molecular formula is C32H48O22. The molecule has 0 radical (unpaired) electrons. The van der Waals surface area contributed by atoms with Crippen molar-refractivity contribution in [3.05, 3.63) is 0 Å². The number of rotatable bonds is 16. The first-order chi connectivity index (χ1) is 24.8. The third-order valence-electron chi connectivity index (χ3n) is 6.40. The molecule has 1 fully saturated rings. The number of methoxy groups -OCH3 is 2. The number of cyclic esters (lactones) is 2. The van der Waals surface area contributed by atoms with Gasteiger partial charge < -0.3 is 57.6 Å². The second-order valence-corrected chi connectivity index (χ2v) is 11.1. The quantitative estimate of drug-likeness (QED) is 0.149. The molecule has 54 heavy (non-hydrogen) atoms. The van der Waals surface area contributed by atoms with Crippen LogP contribution < -0.4 is 0 Å². The van der Waals surface area contributed by atoms with Gasteiger partial charge in [0.25, 0.3) is 0 Å². The van der Waals surface area contributed by atoms with E-state index in [4.69, 9.17) is 38.6 Å². The SMILES string of the molecule is CC1OC(=O)C(C)OC1=O.COC(C)C(=O)OC(C)C(=O)OC(C)C(=O)OC(C)C(=O)O.COC(C)C(=O)OC(C)C(=O)OC(C)C(=O)OC(C)C(=O)O. The Morgan fingerprint density at radius 3 is 0.796 bits per heavy atom. The van der Waals surface area contributed by atoms with Crippen LogP contribution in [0.25, 0.3) is 0 Å². The highest BCUT2D eigenvalue weighted by atomic mass is 16.7. The number of ether oxygens (including phenoxy) is 10. The van der Waals surface area contributed by atoms with Gasteiger partial charge in [-0.25, -0.2) is 47.9 Å². The largest absolute Gasteiger partial charge is 0.479 e. The Kier molecular flexibility index (Phi) is 23.3. The molecule has 0 amide bonds. The van der Waals surface area contributed by atoms with E-state index in [0.717, 1.165) is 13.8 Å². The van der Waals surface area contributed by atoms with Crippen molar-refractivity contribution in [1.82, 2.24) is 0 Å². The van der Waals surface area contributed by atoms with Crippen molar-refractivity contribution in [2.75, 3.05) is 14.2 Å². The molecule has 0 aromatic heterocycles. The fourth-order valence-corrected chi connectivity index (χ4v) is 2.74. The topological polar surface area (TPSA) is 303 Å². The van der Waals surface area contributed by atoms with Gasteiger partial charge in [-0.05, 0) is 69.2 Å². The maximum atomic E-state index is 11.7. The molecule has 0 bridgehead atoms. The molecule has 1 heterocycles. The van der Waals surface area contributed by atoms with Crippen molar-refractivity contribution in [2.24, 2.45) is 0 Å². The van der Waals surface area contributed by atoms with Crippen molar-refractivity contribution in [3.8, 4) is 0 Å². The van der Waals surface area contributed by atoms with Gasteiger partial charge in [0, 0.05) is 14.2 Å². The van der Waals surface area contributed by atoms with Crippen LogP contribution in [0.2, 0.25) is 0 Å². The Labute approximate surface area is 309 Å². The maximum absolute atomic E-state index is 11.7. The predicted molar refractivity (Wildman–Crippen MR) is 173 cm³/mol. The lowest BCUT2D eigenvalue weighted by Crippen LogP contribution is -2.40. The standard InChI is InChI=1S/2C13H20O9.C6H8O4/c2*1-6(10(14)15)20-12(17)8(3)22-13(18)9(4)21-11(16)7(2)19-5;1-3-5(7)10-4(2)6(8)9-3/h2*6-9H,1-5H3,(H,14,15);3-4H,1-2H3. The minimum atomic E-state index is -1.37. The minimum Gasteiger partial charge on any atom is -0.479 e.